The van der Waals surface area contributed by atoms with Crippen molar-refractivity contribution in [1.29, 1.82) is 0 Å². The lowest BCUT2D eigenvalue weighted by Gasteiger charge is -2.13. The third-order valence-corrected chi connectivity index (χ3v) is 4.38. The van der Waals surface area contributed by atoms with Crippen molar-refractivity contribution in [3.8, 4) is 0 Å². The molecule has 0 unspecified atom stereocenters. The Morgan fingerprint density at radius 2 is 1.85 bits per heavy atom. The average molecular weight is 342 g/mol. The molecule has 0 aliphatic carbocycles. The number of pyridine rings is 2. The van der Waals surface area contributed by atoms with Gasteiger partial charge in [0.05, 0.1) is 11.1 Å². The van der Waals surface area contributed by atoms with E-state index >= 15 is 0 Å². The van der Waals surface area contributed by atoms with Crippen molar-refractivity contribution >= 4 is 39.1 Å². The van der Waals surface area contributed by atoms with Crippen molar-refractivity contribution < 1.29 is 4.79 Å². The highest BCUT2D eigenvalue weighted by molar-refractivity contribution is 6.15. The number of hydrogen-bond donors (Lipinski definition) is 2. The summed E-state index contributed by atoms with van der Waals surface area (Å²) in [6.45, 7) is 2.05. The highest BCUT2D eigenvalue weighted by Gasteiger charge is 2.15. The molecule has 2 N–H and O–H groups in total. The normalized spacial score (nSPS) is 10.8. The molecule has 0 atom stereocenters. The van der Waals surface area contributed by atoms with E-state index in [1.807, 2.05) is 49.5 Å². The molecule has 5 nitrogen and oxygen atoms in total. The van der Waals surface area contributed by atoms with E-state index < -0.39 is 0 Å². The maximum Gasteiger partial charge on any atom is 0.253 e. The Bertz CT molecular complexity index is 1140. The minimum atomic E-state index is -0.159. The summed E-state index contributed by atoms with van der Waals surface area (Å²) >= 11 is 0. The van der Waals surface area contributed by atoms with Crippen LogP contribution in [0.15, 0.2) is 60.9 Å². The second kappa shape index (κ2) is 6.44. The SMILES string of the molecule is CNC(=O)c1cccc2c1nc(Nc1cccc(C)c1)c1ccncc12. The molecule has 0 aliphatic rings. The molecule has 1 amide bonds. The van der Waals surface area contributed by atoms with Crippen LogP contribution in [0.1, 0.15) is 15.9 Å². The maximum absolute atomic E-state index is 12.3. The van der Waals surface area contributed by atoms with Gasteiger partial charge in [0.1, 0.15) is 5.82 Å². The molecule has 2 aromatic carbocycles. The molecule has 0 spiro atoms. The Kier molecular flexibility index (Phi) is 3.97. The number of carbonyl (C=O) groups is 1. The number of nitrogens with one attached hydrogen (secondary N) is 2. The second-order valence-corrected chi connectivity index (χ2v) is 6.16. The van der Waals surface area contributed by atoms with E-state index in [9.17, 15) is 4.79 Å². The zero-order valence-electron chi connectivity index (χ0n) is 14.6. The zero-order chi connectivity index (χ0) is 18.1. The summed E-state index contributed by atoms with van der Waals surface area (Å²) < 4.78 is 0. The van der Waals surface area contributed by atoms with Gasteiger partial charge in [-0.3, -0.25) is 9.78 Å². The third-order valence-electron chi connectivity index (χ3n) is 4.38. The van der Waals surface area contributed by atoms with E-state index in [2.05, 4.69) is 21.7 Å². The van der Waals surface area contributed by atoms with Crippen LogP contribution in [0, 0.1) is 6.92 Å². The van der Waals surface area contributed by atoms with E-state index in [1.165, 1.54) is 0 Å². The average Bonchev–Trinajstić information content (AvgIpc) is 2.67. The summed E-state index contributed by atoms with van der Waals surface area (Å²) in [4.78, 5) is 21.4. The van der Waals surface area contributed by atoms with Gasteiger partial charge in [0.25, 0.3) is 5.91 Å². The second-order valence-electron chi connectivity index (χ2n) is 6.16. The molecule has 5 heteroatoms. The molecular formula is C21H18N4O. The molecule has 0 radical (unpaired) electrons. The molecule has 128 valence electrons. The molecular weight excluding hydrogens is 324 g/mol. The van der Waals surface area contributed by atoms with E-state index in [1.54, 1.807) is 19.3 Å². The number of anilines is 2. The first kappa shape index (κ1) is 16.0. The summed E-state index contributed by atoms with van der Waals surface area (Å²) in [5.74, 6) is 0.546. The van der Waals surface area contributed by atoms with Crippen LogP contribution in [0.3, 0.4) is 0 Å². The molecule has 4 rings (SSSR count). The van der Waals surface area contributed by atoms with Gasteiger partial charge >= 0.3 is 0 Å². The van der Waals surface area contributed by atoms with Crippen molar-refractivity contribution in [1.82, 2.24) is 15.3 Å². The number of benzene rings is 2. The first-order valence-electron chi connectivity index (χ1n) is 8.39. The summed E-state index contributed by atoms with van der Waals surface area (Å²) in [6, 6.07) is 15.7. The van der Waals surface area contributed by atoms with Gasteiger partial charge in [0.15, 0.2) is 0 Å². The van der Waals surface area contributed by atoms with Gasteiger partial charge in [-0.15, -0.1) is 0 Å². The third kappa shape index (κ3) is 2.73. The predicted octanol–water partition coefficient (Wildman–Crippen LogP) is 4.19. The van der Waals surface area contributed by atoms with Gasteiger partial charge in [0, 0.05) is 41.3 Å². The van der Waals surface area contributed by atoms with Crippen LogP contribution in [0.5, 0.6) is 0 Å². The van der Waals surface area contributed by atoms with Gasteiger partial charge in [-0.25, -0.2) is 4.98 Å². The number of rotatable bonds is 3. The summed E-state index contributed by atoms with van der Waals surface area (Å²) in [7, 11) is 1.62. The number of aryl methyl sites for hydroxylation is 1. The number of para-hydroxylation sites is 1. The highest BCUT2D eigenvalue weighted by atomic mass is 16.1. The lowest BCUT2D eigenvalue weighted by atomic mass is 10.0. The Labute approximate surface area is 151 Å². The van der Waals surface area contributed by atoms with Crippen molar-refractivity contribution in [2.75, 3.05) is 12.4 Å². The molecule has 0 aliphatic heterocycles. The number of carbonyl (C=O) groups excluding carboxylic acids is 1. The minimum absolute atomic E-state index is 0.159. The molecule has 2 aromatic heterocycles. The summed E-state index contributed by atoms with van der Waals surface area (Å²) in [5.41, 5.74) is 3.31. The lowest BCUT2D eigenvalue weighted by molar-refractivity contribution is 0.0964. The molecule has 0 fully saturated rings. The van der Waals surface area contributed by atoms with Crippen molar-refractivity contribution in [3.63, 3.8) is 0 Å². The monoisotopic (exact) mass is 342 g/mol. The van der Waals surface area contributed by atoms with Crippen LogP contribution in [-0.4, -0.2) is 22.9 Å². The van der Waals surface area contributed by atoms with Crippen LogP contribution in [0.4, 0.5) is 11.5 Å². The largest absolute Gasteiger partial charge is 0.355 e. The smallest absolute Gasteiger partial charge is 0.253 e. The molecule has 4 aromatic rings. The lowest BCUT2D eigenvalue weighted by Crippen LogP contribution is -2.18. The summed E-state index contributed by atoms with van der Waals surface area (Å²) in [5, 5.41) is 8.90. The number of hydrogen-bond acceptors (Lipinski definition) is 4. The Hall–Kier alpha value is -3.47. The topological polar surface area (TPSA) is 66.9 Å². The first-order valence-corrected chi connectivity index (χ1v) is 8.39. The van der Waals surface area contributed by atoms with Crippen molar-refractivity contribution in [2.45, 2.75) is 6.92 Å². The van der Waals surface area contributed by atoms with Crippen LogP contribution in [0.25, 0.3) is 21.7 Å². The number of amides is 1. The van der Waals surface area contributed by atoms with Gasteiger partial charge in [0.2, 0.25) is 0 Å². The van der Waals surface area contributed by atoms with Gasteiger partial charge in [-0.05, 0) is 36.8 Å². The fraction of sp³-hybridized carbons (Fsp3) is 0.0952. The Morgan fingerprint density at radius 1 is 1.00 bits per heavy atom. The van der Waals surface area contributed by atoms with Gasteiger partial charge in [-0.1, -0.05) is 24.3 Å². The van der Waals surface area contributed by atoms with Crippen molar-refractivity contribution in [3.05, 3.63) is 72.1 Å². The maximum atomic E-state index is 12.3. The molecule has 0 saturated carbocycles. The van der Waals surface area contributed by atoms with Gasteiger partial charge in [-0.2, -0.15) is 0 Å². The van der Waals surface area contributed by atoms with E-state index in [0.717, 1.165) is 27.4 Å². The predicted molar refractivity (Wildman–Crippen MR) is 105 cm³/mol. The van der Waals surface area contributed by atoms with Crippen LogP contribution in [0.2, 0.25) is 0 Å². The zero-order valence-corrected chi connectivity index (χ0v) is 14.6. The van der Waals surface area contributed by atoms with Gasteiger partial charge < -0.3 is 10.6 Å². The van der Waals surface area contributed by atoms with E-state index in [0.29, 0.717) is 16.9 Å². The first-order chi connectivity index (χ1) is 12.7. The Balaban J connectivity index is 2.00. The quantitative estimate of drug-likeness (QED) is 0.548. The fourth-order valence-corrected chi connectivity index (χ4v) is 3.14. The minimum Gasteiger partial charge on any atom is -0.355 e. The Morgan fingerprint density at radius 3 is 2.65 bits per heavy atom. The van der Waals surface area contributed by atoms with Crippen LogP contribution in [-0.2, 0) is 0 Å². The van der Waals surface area contributed by atoms with Crippen LogP contribution < -0.4 is 10.6 Å². The number of nitrogens with zero attached hydrogens (tertiary/aromatic N) is 2. The number of fused-ring (bicyclic) bond motifs is 3. The standard InChI is InChI=1S/C21H18N4O/c1-13-5-3-6-14(11-13)24-20-16-9-10-23-12-18(16)15-7-4-8-17(19(15)25-20)21(26)22-2/h3-12H,1-2H3,(H,22,26)(H,24,25). The van der Waals surface area contributed by atoms with E-state index in [-0.39, 0.29) is 5.91 Å². The van der Waals surface area contributed by atoms with Crippen LogP contribution >= 0.6 is 0 Å². The fourth-order valence-electron chi connectivity index (χ4n) is 3.14. The molecule has 2 heterocycles. The molecule has 26 heavy (non-hydrogen) atoms. The summed E-state index contributed by atoms with van der Waals surface area (Å²) in [6.07, 6.45) is 3.56. The van der Waals surface area contributed by atoms with E-state index in [4.69, 9.17) is 4.98 Å². The highest BCUT2D eigenvalue weighted by Crippen LogP contribution is 2.32. The number of aromatic nitrogens is 2. The molecule has 0 saturated heterocycles. The van der Waals surface area contributed by atoms with Crippen molar-refractivity contribution in [2.24, 2.45) is 0 Å². The molecule has 0 bridgehead atoms.